The van der Waals surface area contributed by atoms with Crippen molar-refractivity contribution >= 4 is 47.7 Å². The number of benzene rings is 1. The lowest BCUT2D eigenvalue weighted by Gasteiger charge is -2.11. The molecule has 1 aliphatic heterocycles. The predicted octanol–water partition coefficient (Wildman–Crippen LogP) is 3.29. The van der Waals surface area contributed by atoms with Crippen molar-refractivity contribution in [3.05, 3.63) is 32.1 Å². The average molecular weight is 337 g/mol. The smallest absolute Gasteiger partial charge is 0.159 e. The second kappa shape index (κ2) is 5.28. The normalized spacial score (nSPS) is 13.1. The molecule has 2 heterocycles. The summed E-state index contributed by atoms with van der Waals surface area (Å²) in [5.74, 6) is 1.37. The van der Waals surface area contributed by atoms with E-state index in [1.807, 2.05) is 0 Å². The van der Waals surface area contributed by atoms with Gasteiger partial charge < -0.3 is 14.5 Å². The van der Waals surface area contributed by atoms with E-state index in [1.165, 1.54) is 11.3 Å². The summed E-state index contributed by atoms with van der Waals surface area (Å²) in [6.45, 7) is 0. The van der Waals surface area contributed by atoms with Crippen LogP contribution >= 0.6 is 36.2 Å². The Labute approximate surface area is 135 Å². The van der Waals surface area contributed by atoms with Crippen molar-refractivity contribution in [3.63, 3.8) is 0 Å². The Bertz CT molecular complexity index is 836. The van der Waals surface area contributed by atoms with E-state index in [0.29, 0.717) is 31.8 Å². The molecule has 1 aromatic heterocycles. The lowest BCUT2D eigenvalue weighted by Crippen LogP contribution is -2.04. The minimum absolute atomic E-state index is 0.141. The number of ether oxygens (including phenoxy) is 2. The molecule has 2 N–H and O–H groups in total. The lowest BCUT2D eigenvalue weighted by molar-refractivity contribution is 0.402. The molecule has 21 heavy (non-hydrogen) atoms. The molecule has 2 aromatic rings. The number of amidine groups is 1. The van der Waals surface area contributed by atoms with E-state index in [0.717, 1.165) is 10.4 Å². The van der Waals surface area contributed by atoms with Crippen LogP contribution in [-0.4, -0.2) is 30.8 Å². The summed E-state index contributed by atoms with van der Waals surface area (Å²) in [6.07, 6.45) is 0. The van der Waals surface area contributed by atoms with E-state index in [9.17, 15) is 0 Å². The molecular weight excluding hydrogens is 326 g/mol. The summed E-state index contributed by atoms with van der Waals surface area (Å²) in [5.41, 5.74) is 1.99. The van der Waals surface area contributed by atoms with Gasteiger partial charge >= 0.3 is 0 Å². The van der Waals surface area contributed by atoms with Crippen LogP contribution in [0, 0.1) is 9.36 Å². The van der Waals surface area contributed by atoms with E-state index in [2.05, 4.69) is 22.6 Å². The molecule has 1 aliphatic rings. The highest BCUT2D eigenvalue weighted by atomic mass is 32.1. The van der Waals surface area contributed by atoms with Crippen molar-refractivity contribution in [2.24, 2.45) is 4.99 Å². The van der Waals surface area contributed by atoms with Gasteiger partial charge in [0.1, 0.15) is 11.5 Å². The van der Waals surface area contributed by atoms with Crippen LogP contribution in [0.15, 0.2) is 22.2 Å². The minimum atomic E-state index is 0.141. The molecular formula is C13H11N3O2S3. The van der Waals surface area contributed by atoms with E-state index in [1.54, 1.807) is 26.4 Å². The van der Waals surface area contributed by atoms with Gasteiger partial charge in [0.2, 0.25) is 0 Å². The molecule has 0 fully saturated rings. The Balaban J connectivity index is 2.30. The molecule has 0 spiro atoms. The maximum absolute atomic E-state index is 8.12. The van der Waals surface area contributed by atoms with Crippen LogP contribution in [0.25, 0.3) is 0 Å². The minimum Gasteiger partial charge on any atom is -0.496 e. The van der Waals surface area contributed by atoms with Crippen LogP contribution in [0.4, 0.5) is 0 Å². The Morgan fingerprint density at radius 2 is 1.86 bits per heavy atom. The third-order valence-electron chi connectivity index (χ3n) is 3.11. The van der Waals surface area contributed by atoms with Crippen LogP contribution in [0.5, 0.6) is 11.5 Å². The first kappa shape index (κ1) is 14.3. The number of aromatic nitrogens is 1. The Kier molecular flexibility index (Phi) is 3.60. The van der Waals surface area contributed by atoms with E-state index >= 15 is 0 Å². The summed E-state index contributed by atoms with van der Waals surface area (Å²) >= 11 is 10.9. The van der Waals surface area contributed by atoms with Gasteiger partial charge in [0.15, 0.2) is 9.79 Å². The average Bonchev–Trinajstić information content (AvgIpc) is 2.98. The number of nitrogens with zero attached hydrogens (tertiary/aromatic N) is 1. The summed E-state index contributed by atoms with van der Waals surface area (Å²) in [6, 6.07) is 3.57. The molecule has 8 heteroatoms. The fourth-order valence-corrected chi connectivity index (χ4v) is 3.83. The van der Waals surface area contributed by atoms with Gasteiger partial charge in [-0.3, -0.25) is 5.41 Å². The number of thiol groups is 1. The van der Waals surface area contributed by atoms with Crippen LogP contribution in [0.2, 0.25) is 0 Å². The van der Waals surface area contributed by atoms with Gasteiger partial charge in [-0.05, 0) is 24.4 Å². The predicted molar refractivity (Wildman–Crippen MR) is 88.8 cm³/mol. The summed E-state index contributed by atoms with van der Waals surface area (Å²) in [7, 11) is 3.15. The second-order valence-electron chi connectivity index (χ2n) is 4.22. The first-order valence-corrected chi connectivity index (χ1v) is 7.59. The third-order valence-corrected chi connectivity index (χ3v) is 4.84. The van der Waals surface area contributed by atoms with Crippen LogP contribution < -0.4 is 9.47 Å². The number of fused-ring (bicyclic) bond motifs is 1. The maximum atomic E-state index is 8.12. The molecule has 108 valence electrons. The number of rotatable bonds is 3. The highest BCUT2D eigenvalue weighted by Gasteiger charge is 2.31. The highest BCUT2D eigenvalue weighted by molar-refractivity contribution is 7.80. The summed E-state index contributed by atoms with van der Waals surface area (Å²) in [5, 5.41) is 8.76. The van der Waals surface area contributed by atoms with Gasteiger partial charge in [-0.15, -0.1) is 24.0 Å². The number of nitrogens with one attached hydrogen (secondary N) is 2. The van der Waals surface area contributed by atoms with Gasteiger partial charge in [0, 0.05) is 0 Å². The maximum Gasteiger partial charge on any atom is 0.159 e. The number of methoxy groups -OCH3 is 2. The first-order valence-electron chi connectivity index (χ1n) is 5.92. The van der Waals surface area contributed by atoms with Crippen molar-refractivity contribution in [1.29, 1.82) is 5.41 Å². The Morgan fingerprint density at radius 3 is 2.38 bits per heavy atom. The third kappa shape index (κ3) is 2.19. The fraction of sp³-hybridized carbons (Fsp3) is 0.154. The van der Waals surface area contributed by atoms with E-state index < -0.39 is 0 Å². The van der Waals surface area contributed by atoms with Crippen LogP contribution in [-0.2, 0) is 0 Å². The van der Waals surface area contributed by atoms with E-state index in [-0.39, 0.29) is 5.84 Å². The molecule has 0 atom stereocenters. The number of hydrogen-bond acceptors (Lipinski definition) is 6. The molecule has 0 saturated heterocycles. The van der Waals surface area contributed by atoms with Crippen molar-refractivity contribution in [3.8, 4) is 11.5 Å². The van der Waals surface area contributed by atoms with Crippen LogP contribution in [0.1, 0.15) is 16.0 Å². The topological polar surface area (TPSA) is 70.5 Å². The molecule has 3 rings (SSSR count). The van der Waals surface area contributed by atoms with Crippen LogP contribution in [0.3, 0.4) is 0 Å². The molecule has 0 amide bonds. The van der Waals surface area contributed by atoms with Crippen molar-refractivity contribution in [1.82, 2.24) is 4.98 Å². The summed E-state index contributed by atoms with van der Waals surface area (Å²) < 4.78 is 11.4. The van der Waals surface area contributed by atoms with Crippen molar-refractivity contribution in [2.45, 2.75) is 5.03 Å². The number of aliphatic imine (C=N–C) groups is 1. The summed E-state index contributed by atoms with van der Waals surface area (Å²) in [4.78, 5) is 8.11. The number of thiazole rings is 1. The SMILES string of the molecule is COc1ccc(OC)c2c1C(=N)N=C2c1sc(=S)[nH]c1S. The fourth-order valence-electron chi connectivity index (χ4n) is 2.24. The molecule has 0 aliphatic carbocycles. The van der Waals surface area contributed by atoms with Gasteiger partial charge in [0.25, 0.3) is 0 Å². The molecule has 0 saturated carbocycles. The van der Waals surface area contributed by atoms with Crippen molar-refractivity contribution in [2.75, 3.05) is 14.2 Å². The number of H-pyrrole nitrogens is 1. The zero-order valence-electron chi connectivity index (χ0n) is 11.2. The Hall–Kier alpha value is -1.64. The van der Waals surface area contributed by atoms with Gasteiger partial charge in [-0.1, -0.05) is 0 Å². The molecule has 0 radical (unpaired) electrons. The Morgan fingerprint density at radius 1 is 1.24 bits per heavy atom. The zero-order chi connectivity index (χ0) is 15.1. The van der Waals surface area contributed by atoms with Gasteiger partial charge in [0.05, 0.1) is 41.0 Å². The monoisotopic (exact) mass is 337 g/mol. The largest absolute Gasteiger partial charge is 0.496 e. The molecule has 0 unspecified atom stereocenters. The highest BCUT2D eigenvalue weighted by Crippen LogP contribution is 2.38. The van der Waals surface area contributed by atoms with Gasteiger partial charge in [-0.25, -0.2) is 4.99 Å². The zero-order valence-corrected chi connectivity index (χ0v) is 13.7. The van der Waals surface area contributed by atoms with Crippen molar-refractivity contribution < 1.29 is 9.47 Å². The lowest BCUT2D eigenvalue weighted by atomic mass is 10.0. The molecule has 0 bridgehead atoms. The second-order valence-corrected chi connectivity index (χ2v) is 6.36. The molecule has 5 nitrogen and oxygen atoms in total. The quantitative estimate of drug-likeness (QED) is 0.594. The number of hydrogen-bond donors (Lipinski definition) is 3. The first-order chi connectivity index (χ1) is 10.1. The van der Waals surface area contributed by atoms with E-state index in [4.69, 9.17) is 27.1 Å². The number of aromatic amines is 1. The van der Waals surface area contributed by atoms with Gasteiger partial charge in [-0.2, -0.15) is 0 Å². The standard InChI is InChI=1S/C13H11N3O2S3/c1-17-5-3-4-6(18-2)8-7(5)9(15-11(8)14)10-12(19)16-13(20)21-10/h3-4,14,19H,1-2H3,(H,16,20). The molecule has 1 aromatic carbocycles.